The molecule has 0 atom stereocenters. The van der Waals surface area contributed by atoms with Gasteiger partial charge < -0.3 is 10.2 Å². The second-order valence-electron chi connectivity index (χ2n) is 4.49. The molecule has 0 aromatic carbocycles. The van der Waals surface area contributed by atoms with Gasteiger partial charge in [0.1, 0.15) is 11.6 Å². The van der Waals surface area contributed by atoms with Crippen LogP contribution in [0.5, 0.6) is 0 Å². The number of nitriles is 1. The van der Waals surface area contributed by atoms with Gasteiger partial charge in [-0.1, -0.05) is 0 Å². The third-order valence-electron chi connectivity index (χ3n) is 3.31. The van der Waals surface area contributed by atoms with Gasteiger partial charge in [-0.3, -0.25) is 4.79 Å². The SMILES string of the molecule is CCN(CC)C(=O)CCNc1nnc(C)c(C)c1C#N. The highest BCUT2D eigenvalue weighted by molar-refractivity contribution is 5.76. The summed E-state index contributed by atoms with van der Waals surface area (Å²) in [6.45, 7) is 9.44. The van der Waals surface area contributed by atoms with Crippen molar-refractivity contribution in [1.29, 1.82) is 5.26 Å². The molecule has 1 aromatic rings. The number of hydrogen-bond donors (Lipinski definition) is 1. The maximum Gasteiger partial charge on any atom is 0.224 e. The molecule has 6 heteroatoms. The van der Waals surface area contributed by atoms with Crippen LogP contribution in [0.4, 0.5) is 5.82 Å². The Hall–Kier alpha value is -2.16. The van der Waals surface area contributed by atoms with Crippen molar-refractivity contribution < 1.29 is 4.79 Å². The molecule has 1 heterocycles. The highest BCUT2D eigenvalue weighted by Crippen LogP contribution is 2.16. The number of nitrogens with zero attached hydrogens (tertiary/aromatic N) is 4. The molecule has 1 amide bonds. The van der Waals surface area contributed by atoms with Crippen molar-refractivity contribution in [3.05, 3.63) is 16.8 Å². The lowest BCUT2D eigenvalue weighted by atomic mass is 10.1. The minimum Gasteiger partial charge on any atom is -0.367 e. The van der Waals surface area contributed by atoms with Crippen molar-refractivity contribution in [2.45, 2.75) is 34.1 Å². The second kappa shape index (κ2) is 7.43. The Morgan fingerprint density at radius 2 is 1.95 bits per heavy atom. The summed E-state index contributed by atoms with van der Waals surface area (Å²) in [5, 5.41) is 20.2. The number of anilines is 1. The summed E-state index contributed by atoms with van der Waals surface area (Å²) in [7, 11) is 0. The minimum atomic E-state index is 0.0952. The largest absolute Gasteiger partial charge is 0.367 e. The zero-order valence-corrected chi connectivity index (χ0v) is 12.5. The van der Waals surface area contributed by atoms with Gasteiger partial charge >= 0.3 is 0 Å². The number of nitrogens with one attached hydrogen (secondary N) is 1. The fourth-order valence-electron chi connectivity index (χ4n) is 1.89. The first-order valence-electron chi connectivity index (χ1n) is 6.80. The summed E-state index contributed by atoms with van der Waals surface area (Å²) in [5.41, 5.74) is 2.05. The first kappa shape index (κ1) is 15.9. The lowest BCUT2D eigenvalue weighted by molar-refractivity contribution is -0.130. The van der Waals surface area contributed by atoms with Crippen LogP contribution in [0, 0.1) is 25.2 Å². The summed E-state index contributed by atoms with van der Waals surface area (Å²) in [5.74, 6) is 0.542. The summed E-state index contributed by atoms with van der Waals surface area (Å²) >= 11 is 0. The number of carbonyl (C=O) groups is 1. The molecule has 0 aliphatic rings. The third kappa shape index (κ3) is 3.67. The van der Waals surface area contributed by atoms with Crippen LogP contribution in [0.1, 0.15) is 37.1 Å². The van der Waals surface area contributed by atoms with Gasteiger partial charge in [0.05, 0.1) is 5.69 Å². The average Bonchev–Trinajstić information content (AvgIpc) is 2.44. The van der Waals surface area contributed by atoms with Crippen LogP contribution in [0.2, 0.25) is 0 Å². The van der Waals surface area contributed by atoms with Gasteiger partial charge in [-0.25, -0.2) is 0 Å². The Morgan fingerprint density at radius 3 is 2.50 bits per heavy atom. The first-order chi connectivity index (χ1) is 9.54. The van der Waals surface area contributed by atoms with Gasteiger partial charge in [0, 0.05) is 26.1 Å². The zero-order valence-electron chi connectivity index (χ0n) is 12.5. The van der Waals surface area contributed by atoms with Crippen LogP contribution < -0.4 is 5.32 Å². The Balaban J connectivity index is 2.66. The molecule has 20 heavy (non-hydrogen) atoms. The Labute approximate surface area is 119 Å². The Kier molecular flexibility index (Phi) is 5.91. The topological polar surface area (TPSA) is 81.9 Å². The number of carbonyl (C=O) groups excluding carboxylic acids is 1. The lowest BCUT2D eigenvalue weighted by Gasteiger charge is -2.18. The van der Waals surface area contributed by atoms with Crippen LogP contribution in [0.15, 0.2) is 0 Å². The van der Waals surface area contributed by atoms with E-state index in [-0.39, 0.29) is 5.91 Å². The van der Waals surface area contributed by atoms with Gasteiger partial charge in [0.15, 0.2) is 5.82 Å². The number of rotatable bonds is 6. The first-order valence-corrected chi connectivity index (χ1v) is 6.80. The summed E-state index contributed by atoms with van der Waals surface area (Å²) in [6, 6.07) is 2.13. The summed E-state index contributed by atoms with van der Waals surface area (Å²) in [6.07, 6.45) is 0.376. The van der Waals surface area contributed by atoms with Crippen molar-refractivity contribution in [3.8, 4) is 6.07 Å². The Bertz CT molecular complexity index is 517. The standard InChI is InChI=1S/C14H21N5O/c1-5-19(6-2)13(20)7-8-16-14-12(9-15)10(3)11(4)17-18-14/h5-8H2,1-4H3,(H,16,18). The molecular formula is C14H21N5O. The van der Waals surface area contributed by atoms with Crippen molar-refractivity contribution in [3.63, 3.8) is 0 Å². The Morgan fingerprint density at radius 1 is 1.30 bits per heavy atom. The summed E-state index contributed by atoms with van der Waals surface area (Å²) < 4.78 is 0. The van der Waals surface area contributed by atoms with E-state index in [0.29, 0.717) is 37.4 Å². The zero-order chi connectivity index (χ0) is 15.1. The monoisotopic (exact) mass is 275 g/mol. The molecule has 0 saturated carbocycles. The van der Waals surface area contributed by atoms with Crippen LogP contribution in [0.3, 0.4) is 0 Å². The van der Waals surface area contributed by atoms with Gasteiger partial charge in [-0.05, 0) is 33.3 Å². The predicted octanol–water partition coefficient (Wildman–Crippen LogP) is 1.64. The molecule has 1 N–H and O–H groups in total. The molecule has 0 saturated heterocycles. The minimum absolute atomic E-state index is 0.0952. The molecule has 0 bridgehead atoms. The smallest absolute Gasteiger partial charge is 0.224 e. The molecule has 0 unspecified atom stereocenters. The summed E-state index contributed by atoms with van der Waals surface area (Å²) in [4.78, 5) is 13.6. The molecule has 6 nitrogen and oxygen atoms in total. The van der Waals surface area contributed by atoms with E-state index in [9.17, 15) is 4.79 Å². The number of aryl methyl sites for hydroxylation is 1. The highest BCUT2D eigenvalue weighted by Gasteiger charge is 2.12. The van der Waals surface area contributed by atoms with Crippen molar-refractivity contribution in [2.24, 2.45) is 0 Å². The fourth-order valence-corrected chi connectivity index (χ4v) is 1.89. The van der Waals surface area contributed by atoms with E-state index < -0.39 is 0 Å². The lowest BCUT2D eigenvalue weighted by Crippen LogP contribution is -2.31. The van der Waals surface area contributed by atoms with Crippen LogP contribution in [-0.2, 0) is 4.79 Å². The number of amides is 1. The van der Waals surface area contributed by atoms with E-state index in [1.165, 1.54) is 0 Å². The van der Waals surface area contributed by atoms with Crippen molar-refractivity contribution >= 4 is 11.7 Å². The maximum absolute atomic E-state index is 11.9. The quantitative estimate of drug-likeness (QED) is 0.853. The van der Waals surface area contributed by atoms with Gasteiger partial charge in [-0.2, -0.15) is 10.4 Å². The van der Waals surface area contributed by atoms with Gasteiger partial charge in [-0.15, -0.1) is 5.10 Å². The van der Waals surface area contributed by atoms with E-state index in [1.54, 1.807) is 4.90 Å². The van der Waals surface area contributed by atoms with Gasteiger partial charge in [0.25, 0.3) is 0 Å². The third-order valence-corrected chi connectivity index (χ3v) is 3.31. The number of hydrogen-bond acceptors (Lipinski definition) is 5. The molecule has 108 valence electrons. The average molecular weight is 275 g/mol. The normalized spacial score (nSPS) is 9.95. The van der Waals surface area contributed by atoms with Gasteiger partial charge in [0.2, 0.25) is 5.91 Å². The molecule has 1 rings (SSSR count). The molecule has 1 aromatic heterocycles. The predicted molar refractivity (Wildman–Crippen MR) is 77.3 cm³/mol. The van der Waals surface area contributed by atoms with E-state index in [2.05, 4.69) is 21.6 Å². The van der Waals surface area contributed by atoms with E-state index >= 15 is 0 Å². The van der Waals surface area contributed by atoms with E-state index in [0.717, 1.165) is 11.3 Å². The van der Waals surface area contributed by atoms with Crippen LogP contribution in [-0.4, -0.2) is 40.6 Å². The van der Waals surface area contributed by atoms with E-state index in [4.69, 9.17) is 5.26 Å². The molecule has 0 radical (unpaired) electrons. The molecular weight excluding hydrogens is 254 g/mol. The second-order valence-corrected chi connectivity index (χ2v) is 4.49. The molecule has 0 fully saturated rings. The number of aromatic nitrogens is 2. The maximum atomic E-state index is 11.9. The van der Waals surface area contributed by atoms with Crippen LogP contribution in [0.25, 0.3) is 0 Å². The molecule has 0 aliphatic carbocycles. The van der Waals surface area contributed by atoms with Crippen molar-refractivity contribution in [2.75, 3.05) is 25.0 Å². The highest BCUT2D eigenvalue weighted by atomic mass is 16.2. The molecule has 0 spiro atoms. The fraction of sp³-hybridized carbons (Fsp3) is 0.571. The van der Waals surface area contributed by atoms with Crippen LogP contribution >= 0.6 is 0 Å². The molecule has 0 aliphatic heterocycles. The van der Waals surface area contributed by atoms with E-state index in [1.807, 2.05) is 27.7 Å². The van der Waals surface area contributed by atoms with Crippen molar-refractivity contribution in [1.82, 2.24) is 15.1 Å².